The number of nitrogens with two attached hydrogens (primary N) is 1. The average molecular weight is 425 g/mol. The zero-order valence-electron chi connectivity index (χ0n) is 17.5. The molecule has 0 aliphatic carbocycles. The molecule has 0 radical (unpaired) electrons. The predicted molar refractivity (Wildman–Crippen MR) is 113 cm³/mol. The summed E-state index contributed by atoms with van der Waals surface area (Å²) in [7, 11) is 0. The van der Waals surface area contributed by atoms with Crippen LogP contribution in [0.3, 0.4) is 0 Å². The Kier molecular flexibility index (Phi) is 6.86. The minimum absolute atomic E-state index is 0.0425. The fourth-order valence-corrected chi connectivity index (χ4v) is 2.89. The molecule has 0 spiro atoms. The smallest absolute Gasteiger partial charge is 0.342 e. The fourth-order valence-electron chi connectivity index (χ4n) is 2.89. The molecule has 0 saturated carbocycles. The first-order valence-corrected chi connectivity index (χ1v) is 9.73. The van der Waals surface area contributed by atoms with Crippen molar-refractivity contribution in [3.63, 3.8) is 0 Å². The number of nitrogen functional groups attached to an aromatic ring is 1. The van der Waals surface area contributed by atoms with E-state index in [4.69, 9.17) is 24.4 Å². The highest BCUT2D eigenvalue weighted by atomic mass is 16.5. The number of benzene rings is 1. The van der Waals surface area contributed by atoms with Gasteiger partial charge in [-0.25, -0.2) is 14.6 Å². The van der Waals surface area contributed by atoms with Crippen molar-refractivity contribution in [2.75, 3.05) is 18.9 Å². The second-order valence-electron chi connectivity index (χ2n) is 6.40. The maximum absolute atomic E-state index is 12.2. The molecule has 0 bridgehead atoms. The molecule has 31 heavy (non-hydrogen) atoms. The Morgan fingerprint density at radius 1 is 1.10 bits per heavy atom. The molecule has 0 aliphatic rings. The van der Waals surface area contributed by atoms with Crippen LogP contribution >= 0.6 is 0 Å². The maximum atomic E-state index is 12.2. The molecule has 0 aliphatic heterocycles. The number of hydrogen-bond acceptors (Lipinski definition) is 9. The molecular weight excluding hydrogens is 402 g/mol. The van der Waals surface area contributed by atoms with Crippen molar-refractivity contribution in [2.24, 2.45) is 0 Å². The van der Waals surface area contributed by atoms with Crippen molar-refractivity contribution in [1.82, 2.24) is 9.97 Å². The SMILES string of the molecule is CCOC(=O)c1c(C)oc2nc(COC(=O)/C=C/c3ccc(OCC)cc3)nc(N)c12. The Morgan fingerprint density at radius 2 is 1.84 bits per heavy atom. The summed E-state index contributed by atoms with van der Waals surface area (Å²) < 4.78 is 21.1. The van der Waals surface area contributed by atoms with Crippen LogP contribution in [0, 0.1) is 6.92 Å². The number of aromatic nitrogens is 2. The molecule has 0 saturated heterocycles. The zero-order chi connectivity index (χ0) is 22.4. The van der Waals surface area contributed by atoms with Crippen LogP contribution in [0.25, 0.3) is 17.2 Å². The molecule has 2 heterocycles. The van der Waals surface area contributed by atoms with Gasteiger partial charge >= 0.3 is 11.9 Å². The van der Waals surface area contributed by atoms with E-state index in [1.165, 1.54) is 6.08 Å². The van der Waals surface area contributed by atoms with Crippen LogP contribution in [-0.2, 0) is 20.9 Å². The van der Waals surface area contributed by atoms with Crippen molar-refractivity contribution in [3.8, 4) is 5.75 Å². The largest absolute Gasteiger partial charge is 0.494 e. The summed E-state index contributed by atoms with van der Waals surface area (Å²) in [4.78, 5) is 32.5. The third kappa shape index (κ3) is 5.19. The Hall–Kier alpha value is -3.88. The summed E-state index contributed by atoms with van der Waals surface area (Å²) in [5, 5.41) is 0.279. The van der Waals surface area contributed by atoms with E-state index >= 15 is 0 Å². The van der Waals surface area contributed by atoms with Gasteiger partial charge in [-0.2, -0.15) is 4.98 Å². The molecule has 2 N–H and O–H groups in total. The molecule has 9 heteroatoms. The first-order valence-electron chi connectivity index (χ1n) is 9.73. The highest BCUT2D eigenvalue weighted by Crippen LogP contribution is 2.29. The summed E-state index contributed by atoms with van der Waals surface area (Å²) in [6, 6.07) is 7.28. The molecule has 0 unspecified atom stereocenters. The second kappa shape index (κ2) is 9.75. The van der Waals surface area contributed by atoms with Gasteiger partial charge in [0.15, 0.2) is 12.4 Å². The molecule has 0 amide bonds. The molecule has 3 rings (SSSR count). The topological polar surface area (TPSA) is 127 Å². The van der Waals surface area contributed by atoms with Crippen molar-refractivity contribution >= 4 is 34.9 Å². The highest BCUT2D eigenvalue weighted by molar-refractivity contribution is 6.07. The monoisotopic (exact) mass is 425 g/mol. The molecule has 162 valence electrons. The van der Waals surface area contributed by atoms with Gasteiger partial charge in [0.2, 0.25) is 5.71 Å². The van der Waals surface area contributed by atoms with E-state index in [0.717, 1.165) is 11.3 Å². The minimum Gasteiger partial charge on any atom is -0.494 e. The number of anilines is 1. The first-order chi connectivity index (χ1) is 14.9. The van der Waals surface area contributed by atoms with Gasteiger partial charge in [-0.1, -0.05) is 12.1 Å². The van der Waals surface area contributed by atoms with E-state index in [2.05, 4.69) is 9.97 Å². The summed E-state index contributed by atoms with van der Waals surface area (Å²) in [5.74, 6) is 0.137. The fraction of sp³-hybridized carbons (Fsp3) is 0.273. The lowest BCUT2D eigenvalue weighted by atomic mass is 10.2. The summed E-state index contributed by atoms with van der Waals surface area (Å²) >= 11 is 0. The Balaban J connectivity index is 1.68. The van der Waals surface area contributed by atoms with Gasteiger partial charge in [0.25, 0.3) is 0 Å². The Labute approximate surface area is 178 Å². The molecular formula is C22H23N3O6. The van der Waals surface area contributed by atoms with Gasteiger partial charge < -0.3 is 24.4 Å². The number of furan rings is 1. The van der Waals surface area contributed by atoms with Crippen molar-refractivity contribution in [1.29, 1.82) is 0 Å². The number of carbonyl (C=O) groups is 2. The quantitative estimate of drug-likeness (QED) is 0.426. The van der Waals surface area contributed by atoms with Crippen LogP contribution in [-0.4, -0.2) is 35.1 Å². The minimum atomic E-state index is -0.570. The zero-order valence-corrected chi connectivity index (χ0v) is 17.5. The lowest BCUT2D eigenvalue weighted by molar-refractivity contribution is -0.139. The molecule has 1 aromatic carbocycles. The highest BCUT2D eigenvalue weighted by Gasteiger charge is 2.24. The van der Waals surface area contributed by atoms with Crippen LogP contribution in [0.1, 0.15) is 41.4 Å². The number of carbonyl (C=O) groups excluding carboxylic acids is 2. The number of aryl methyl sites for hydroxylation is 1. The van der Waals surface area contributed by atoms with E-state index < -0.39 is 11.9 Å². The molecule has 0 atom stereocenters. The van der Waals surface area contributed by atoms with Crippen LogP contribution in [0.5, 0.6) is 5.75 Å². The summed E-state index contributed by atoms with van der Waals surface area (Å²) in [5.41, 5.74) is 7.14. The predicted octanol–water partition coefficient (Wildman–Crippen LogP) is 3.45. The molecule has 9 nitrogen and oxygen atoms in total. The second-order valence-corrected chi connectivity index (χ2v) is 6.40. The van der Waals surface area contributed by atoms with E-state index in [1.807, 2.05) is 31.2 Å². The molecule has 2 aromatic heterocycles. The van der Waals surface area contributed by atoms with Crippen LogP contribution in [0.15, 0.2) is 34.8 Å². The lowest BCUT2D eigenvalue weighted by Gasteiger charge is -2.04. The average Bonchev–Trinajstić information content (AvgIpc) is 3.08. The van der Waals surface area contributed by atoms with Crippen molar-refractivity contribution in [2.45, 2.75) is 27.4 Å². The van der Waals surface area contributed by atoms with Crippen LogP contribution in [0.2, 0.25) is 0 Å². The number of esters is 2. The van der Waals surface area contributed by atoms with Gasteiger partial charge in [-0.05, 0) is 44.5 Å². The normalized spacial score (nSPS) is 11.1. The van der Waals surface area contributed by atoms with Gasteiger partial charge in [0.1, 0.15) is 22.9 Å². The molecule has 3 aromatic rings. The summed E-state index contributed by atoms with van der Waals surface area (Å²) in [6.07, 6.45) is 2.92. The first kappa shape index (κ1) is 21.8. The molecule has 0 fully saturated rings. The lowest BCUT2D eigenvalue weighted by Crippen LogP contribution is -2.09. The van der Waals surface area contributed by atoms with Gasteiger partial charge in [0.05, 0.1) is 18.6 Å². The van der Waals surface area contributed by atoms with Gasteiger partial charge in [-0.3, -0.25) is 0 Å². The van der Waals surface area contributed by atoms with Gasteiger partial charge in [-0.15, -0.1) is 0 Å². The Bertz CT molecular complexity index is 1120. The standard InChI is InChI=1S/C22H23N3O6/c1-4-28-15-9-6-14(7-10-15)8-11-17(26)30-12-16-24-20(23)19-18(22(27)29-5-2)13(3)31-21(19)25-16/h6-11H,4-5,12H2,1-3H3,(H2,23,24,25)/b11-8+. The number of fused-ring (bicyclic) bond motifs is 1. The number of nitrogens with zero attached hydrogens (tertiary/aromatic N) is 2. The van der Waals surface area contributed by atoms with Gasteiger partial charge in [0, 0.05) is 6.08 Å². The number of hydrogen-bond donors (Lipinski definition) is 1. The Morgan fingerprint density at radius 3 is 2.52 bits per heavy atom. The van der Waals surface area contributed by atoms with Crippen molar-refractivity contribution < 1.29 is 28.2 Å². The van der Waals surface area contributed by atoms with E-state index in [-0.39, 0.29) is 41.5 Å². The van der Waals surface area contributed by atoms with Crippen LogP contribution < -0.4 is 10.5 Å². The van der Waals surface area contributed by atoms with E-state index in [9.17, 15) is 9.59 Å². The van der Waals surface area contributed by atoms with Crippen LogP contribution in [0.4, 0.5) is 5.82 Å². The maximum Gasteiger partial charge on any atom is 0.342 e. The van der Waals surface area contributed by atoms with E-state index in [1.54, 1.807) is 19.9 Å². The third-order valence-electron chi connectivity index (χ3n) is 4.23. The third-order valence-corrected chi connectivity index (χ3v) is 4.23. The summed E-state index contributed by atoms with van der Waals surface area (Å²) in [6.45, 7) is 5.81. The number of ether oxygens (including phenoxy) is 3. The van der Waals surface area contributed by atoms with E-state index in [0.29, 0.717) is 12.4 Å². The number of rotatable bonds is 8. The van der Waals surface area contributed by atoms with Crippen molar-refractivity contribution in [3.05, 3.63) is 53.1 Å².